The van der Waals surface area contributed by atoms with E-state index in [1.807, 2.05) is 0 Å². The lowest BCUT2D eigenvalue weighted by Crippen LogP contribution is -2.48. The molecule has 1 atom stereocenters. The Hall–Kier alpha value is -1.92. The Morgan fingerprint density at radius 1 is 1.23 bits per heavy atom. The summed E-state index contributed by atoms with van der Waals surface area (Å²) in [4.78, 5) is 24.8. The molecule has 0 aromatic heterocycles. The summed E-state index contributed by atoms with van der Waals surface area (Å²) in [6.45, 7) is 1.61. The van der Waals surface area contributed by atoms with Gasteiger partial charge >= 0.3 is 11.9 Å². The third-order valence-corrected chi connectivity index (χ3v) is 5.31. The van der Waals surface area contributed by atoms with E-state index in [1.54, 1.807) is 6.92 Å². The number of cyclic esters (lactones) is 1. The number of nitrogens with one attached hydrogen (secondary N) is 1. The quantitative estimate of drug-likeness (QED) is 0.574. The molecule has 8 heteroatoms. The number of carbonyl (C=O) groups excluding carboxylic acids is 2. The summed E-state index contributed by atoms with van der Waals surface area (Å²) in [6.07, 6.45) is 4.80. The second kappa shape index (κ2) is 7.37. The summed E-state index contributed by atoms with van der Waals surface area (Å²) in [6, 6.07) is 4.47. The van der Waals surface area contributed by atoms with Gasteiger partial charge in [0.2, 0.25) is 5.57 Å². The maximum atomic E-state index is 12.4. The number of esters is 1. The Kier molecular flexibility index (Phi) is 5.34. The monoisotopic (exact) mass is 399 g/mol. The first-order valence-electron chi connectivity index (χ1n) is 8.42. The van der Waals surface area contributed by atoms with E-state index >= 15 is 0 Å². The largest absolute Gasteiger partial charge is 0.480 e. The zero-order valence-corrected chi connectivity index (χ0v) is 15.7. The van der Waals surface area contributed by atoms with Crippen molar-refractivity contribution in [2.45, 2.75) is 44.8 Å². The minimum atomic E-state index is -1.27. The molecule has 0 spiro atoms. The minimum Gasteiger partial charge on any atom is -0.480 e. The second-order valence-corrected chi connectivity index (χ2v) is 7.44. The first-order chi connectivity index (χ1) is 12.3. The molecule has 140 valence electrons. The maximum absolute atomic E-state index is 12.4. The molecule has 26 heavy (non-hydrogen) atoms. The fourth-order valence-electron chi connectivity index (χ4n) is 3.35. The van der Waals surface area contributed by atoms with Crippen molar-refractivity contribution in [3.8, 4) is 0 Å². The molecule has 1 heterocycles. The summed E-state index contributed by atoms with van der Waals surface area (Å²) in [7, 11) is 0. The number of aliphatic hydroxyl groups is 1. The van der Waals surface area contributed by atoms with Gasteiger partial charge in [-0.05, 0) is 31.0 Å². The lowest BCUT2D eigenvalue weighted by molar-refractivity contribution is -0.255. The van der Waals surface area contributed by atoms with Gasteiger partial charge in [-0.15, -0.1) is 0 Å². The van der Waals surface area contributed by atoms with Crippen molar-refractivity contribution >= 4 is 40.8 Å². The van der Waals surface area contributed by atoms with Crippen LogP contribution in [0.5, 0.6) is 0 Å². The number of amides is 1. The van der Waals surface area contributed by atoms with E-state index < -0.39 is 29.2 Å². The molecule has 2 N–H and O–H groups in total. The van der Waals surface area contributed by atoms with E-state index in [0.717, 1.165) is 32.1 Å². The summed E-state index contributed by atoms with van der Waals surface area (Å²) < 4.78 is 10.9. The molecule has 1 unspecified atom stereocenters. The number of halogens is 2. The van der Waals surface area contributed by atoms with Gasteiger partial charge in [-0.2, -0.15) is 0 Å². The molecule has 1 aliphatic carbocycles. The number of anilines is 1. The van der Waals surface area contributed by atoms with Crippen molar-refractivity contribution in [2.24, 2.45) is 5.92 Å². The number of hydrogen-bond acceptors (Lipinski definition) is 5. The highest BCUT2D eigenvalue weighted by molar-refractivity contribution is 6.37. The van der Waals surface area contributed by atoms with Crippen molar-refractivity contribution < 1.29 is 24.2 Å². The Balaban J connectivity index is 1.80. The smallest absolute Gasteiger partial charge is 0.354 e. The SMILES string of the molecule is CC1(C2CCCCC2)OC(=O)C(C(=O)Nc2ccc(Cl)cc2Cl)=C(O)O1. The fourth-order valence-corrected chi connectivity index (χ4v) is 3.80. The molecule has 0 saturated heterocycles. The Bertz CT molecular complexity index is 773. The summed E-state index contributed by atoms with van der Waals surface area (Å²) in [5.41, 5.74) is -0.348. The van der Waals surface area contributed by atoms with E-state index in [2.05, 4.69) is 5.32 Å². The molecule has 1 aliphatic heterocycles. The molecule has 6 nitrogen and oxygen atoms in total. The number of ether oxygens (including phenoxy) is 2. The fraction of sp³-hybridized carbons (Fsp3) is 0.444. The van der Waals surface area contributed by atoms with Gasteiger partial charge in [0.25, 0.3) is 11.7 Å². The second-order valence-electron chi connectivity index (χ2n) is 6.60. The number of carbonyl (C=O) groups is 2. The zero-order valence-electron chi connectivity index (χ0n) is 14.2. The van der Waals surface area contributed by atoms with Gasteiger partial charge in [-0.1, -0.05) is 42.5 Å². The van der Waals surface area contributed by atoms with Gasteiger partial charge in [0.05, 0.1) is 10.7 Å². The van der Waals surface area contributed by atoms with Crippen molar-refractivity contribution in [3.05, 3.63) is 39.8 Å². The average Bonchev–Trinajstić information content (AvgIpc) is 2.57. The zero-order chi connectivity index (χ0) is 18.9. The molecule has 1 amide bonds. The van der Waals surface area contributed by atoms with E-state index in [4.69, 9.17) is 32.7 Å². The third kappa shape index (κ3) is 3.76. The number of benzene rings is 1. The van der Waals surface area contributed by atoms with Gasteiger partial charge in [-0.3, -0.25) is 4.79 Å². The van der Waals surface area contributed by atoms with Crippen molar-refractivity contribution in [1.29, 1.82) is 0 Å². The highest BCUT2D eigenvalue weighted by Gasteiger charge is 2.48. The van der Waals surface area contributed by atoms with Crippen LogP contribution in [-0.4, -0.2) is 22.8 Å². The van der Waals surface area contributed by atoms with Crippen LogP contribution in [0, 0.1) is 5.92 Å². The molecule has 1 saturated carbocycles. The number of aliphatic hydroxyl groups excluding tert-OH is 1. The predicted octanol–water partition coefficient (Wildman–Crippen LogP) is 4.57. The predicted molar refractivity (Wildman–Crippen MR) is 96.9 cm³/mol. The third-order valence-electron chi connectivity index (χ3n) is 4.77. The van der Waals surface area contributed by atoms with E-state index in [9.17, 15) is 14.7 Å². The van der Waals surface area contributed by atoms with Crippen LogP contribution < -0.4 is 5.32 Å². The Labute approximate surface area is 161 Å². The molecule has 1 aromatic carbocycles. The lowest BCUT2D eigenvalue weighted by atomic mass is 9.83. The Morgan fingerprint density at radius 3 is 2.54 bits per heavy atom. The highest BCUT2D eigenvalue weighted by Crippen LogP contribution is 2.40. The molecular weight excluding hydrogens is 381 g/mol. The lowest BCUT2D eigenvalue weighted by Gasteiger charge is -2.40. The van der Waals surface area contributed by atoms with Gasteiger partial charge in [0.1, 0.15) is 0 Å². The summed E-state index contributed by atoms with van der Waals surface area (Å²) in [5, 5.41) is 13.3. The van der Waals surface area contributed by atoms with Crippen molar-refractivity contribution in [2.75, 3.05) is 5.32 Å². The average molecular weight is 400 g/mol. The van der Waals surface area contributed by atoms with Crippen molar-refractivity contribution in [3.63, 3.8) is 0 Å². The molecule has 2 aliphatic rings. The van der Waals surface area contributed by atoms with Gasteiger partial charge in [0.15, 0.2) is 0 Å². The summed E-state index contributed by atoms with van der Waals surface area (Å²) >= 11 is 11.8. The number of hydrogen-bond donors (Lipinski definition) is 2. The van der Waals surface area contributed by atoms with Crippen LogP contribution in [-0.2, 0) is 19.1 Å². The Morgan fingerprint density at radius 2 is 1.92 bits per heavy atom. The highest BCUT2D eigenvalue weighted by atomic mass is 35.5. The van der Waals surface area contributed by atoms with E-state index in [1.165, 1.54) is 18.2 Å². The van der Waals surface area contributed by atoms with Crippen LogP contribution >= 0.6 is 23.2 Å². The maximum Gasteiger partial charge on any atom is 0.354 e. The normalized spacial score (nSPS) is 24.0. The molecule has 1 fully saturated rings. The van der Waals surface area contributed by atoms with Crippen LogP contribution in [0.15, 0.2) is 29.7 Å². The van der Waals surface area contributed by atoms with Crippen molar-refractivity contribution in [1.82, 2.24) is 0 Å². The molecular formula is C18H19Cl2NO5. The van der Waals surface area contributed by atoms with Gasteiger partial charge in [-0.25, -0.2) is 4.79 Å². The molecule has 3 rings (SSSR count). The number of rotatable bonds is 3. The van der Waals surface area contributed by atoms with Crippen LogP contribution in [0.1, 0.15) is 39.0 Å². The first-order valence-corrected chi connectivity index (χ1v) is 9.18. The molecule has 0 bridgehead atoms. The van der Waals surface area contributed by atoms with Crippen LogP contribution in [0.2, 0.25) is 10.0 Å². The van der Waals surface area contributed by atoms with Gasteiger partial charge < -0.3 is 19.9 Å². The van der Waals surface area contributed by atoms with Crippen LogP contribution in [0.4, 0.5) is 5.69 Å². The first kappa shape index (κ1) is 18.9. The molecule has 1 aromatic rings. The van der Waals surface area contributed by atoms with Gasteiger partial charge in [0, 0.05) is 17.9 Å². The van der Waals surface area contributed by atoms with Crippen LogP contribution in [0.3, 0.4) is 0 Å². The summed E-state index contributed by atoms with van der Waals surface area (Å²) in [5.74, 6) is -3.84. The standard InChI is InChI=1S/C18H19Cl2NO5/c1-18(10-5-3-2-4-6-10)25-16(23)14(17(24)26-18)15(22)21-13-8-7-11(19)9-12(13)20/h7-10,23H,2-6H2,1H3,(H,21,22). The van der Waals surface area contributed by atoms with Crippen LogP contribution in [0.25, 0.3) is 0 Å². The van der Waals surface area contributed by atoms with E-state index in [0.29, 0.717) is 5.02 Å². The topological polar surface area (TPSA) is 84.9 Å². The molecule has 0 radical (unpaired) electrons. The minimum absolute atomic E-state index is 0.0299. The van der Waals surface area contributed by atoms with E-state index in [-0.39, 0.29) is 16.6 Å².